The highest BCUT2D eigenvalue weighted by molar-refractivity contribution is 6.74. The van der Waals surface area contributed by atoms with Crippen molar-refractivity contribution in [1.29, 1.82) is 0 Å². The van der Waals surface area contributed by atoms with Crippen molar-refractivity contribution in [2.75, 3.05) is 0 Å². The van der Waals surface area contributed by atoms with E-state index >= 15 is 0 Å². The van der Waals surface area contributed by atoms with Crippen molar-refractivity contribution < 1.29 is 41.4 Å². The molecular weight excluding hydrogens is 687 g/mol. The fourth-order valence-corrected chi connectivity index (χ4v) is 9.58. The van der Waals surface area contributed by atoms with Gasteiger partial charge in [0, 0.05) is 24.8 Å². The van der Waals surface area contributed by atoms with Gasteiger partial charge in [0.25, 0.3) is 0 Å². The zero-order valence-corrected chi connectivity index (χ0v) is 34.9. The van der Waals surface area contributed by atoms with Crippen LogP contribution in [0.3, 0.4) is 0 Å². The largest absolute Gasteiger partial charge is 0.476 e. The summed E-state index contributed by atoms with van der Waals surface area (Å²) in [6, 6.07) is 3.03. The second-order valence-electron chi connectivity index (χ2n) is 17.9. The number of halogens is 2. The molecule has 0 saturated carbocycles. The first kappa shape index (κ1) is 41.4. The molecule has 0 radical (unpaired) electrons. The van der Waals surface area contributed by atoms with Crippen molar-refractivity contribution in [3.8, 4) is 5.75 Å². The van der Waals surface area contributed by atoms with Gasteiger partial charge in [0.05, 0.1) is 18.6 Å². The SMILES string of the molecule is CCC(Oc1ccc(F)cc1F)C(=O)O[C@H]1C[C@H](O[Si](C)(C)C(C)(C)C)C=C2C=C[C@H](C)[C@H](CC[C@@H]3C[C@@H](O[Si](C)(C)C(C)(C)C)CC(=O)O3)[C@H]21. The molecular formula is C40H62F2O7Si2. The molecule has 4 rings (SSSR count). The molecule has 0 amide bonds. The maximum absolute atomic E-state index is 14.5. The Labute approximate surface area is 307 Å². The third-order valence-electron chi connectivity index (χ3n) is 12.0. The van der Waals surface area contributed by atoms with Gasteiger partial charge in [-0.15, -0.1) is 0 Å². The van der Waals surface area contributed by atoms with Gasteiger partial charge in [0.1, 0.15) is 18.0 Å². The van der Waals surface area contributed by atoms with Crippen LogP contribution < -0.4 is 4.74 Å². The molecule has 1 fully saturated rings. The minimum absolute atomic E-state index is 0.0159. The number of benzene rings is 1. The first-order chi connectivity index (χ1) is 23.5. The zero-order chi connectivity index (χ0) is 38.1. The molecule has 1 unspecified atom stereocenters. The fourth-order valence-electron chi connectivity index (χ4n) is 6.94. The number of cyclic esters (lactones) is 1. The van der Waals surface area contributed by atoms with Crippen LogP contribution >= 0.6 is 0 Å². The van der Waals surface area contributed by atoms with E-state index in [4.69, 9.17) is 23.1 Å². The summed E-state index contributed by atoms with van der Waals surface area (Å²) in [6.07, 6.45) is 7.38. The van der Waals surface area contributed by atoms with Gasteiger partial charge in [0.2, 0.25) is 0 Å². The molecule has 8 atom stereocenters. The zero-order valence-electron chi connectivity index (χ0n) is 32.9. The monoisotopic (exact) mass is 748 g/mol. The third-order valence-corrected chi connectivity index (χ3v) is 21.0. The maximum Gasteiger partial charge on any atom is 0.347 e. The number of rotatable bonds is 12. The Hall–Kier alpha value is -2.35. The van der Waals surface area contributed by atoms with Crippen molar-refractivity contribution in [3.63, 3.8) is 0 Å². The molecule has 2 aliphatic carbocycles. The quantitative estimate of drug-likeness (QED) is 0.156. The highest BCUT2D eigenvalue weighted by Crippen LogP contribution is 2.47. The summed E-state index contributed by atoms with van der Waals surface area (Å²) in [5, 5.41) is 0.0169. The van der Waals surface area contributed by atoms with Gasteiger partial charge in [-0.25, -0.2) is 13.6 Å². The van der Waals surface area contributed by atoms with E-state index in [1.165, 1.54) is 6.07 Å². The maximum atomic E-state index is 14.5. The molecule has 3 aliphatic rings. The Bertz CT molecular complexity index is 1460. The molecule has 1 aromatic carbocycles. The van der Waals surface area contributed by atoms with Crippen LogP contribution in [0.5, 0.6) is 5.75 Å². The van der Waals surface area contributed by atoms with Gasteiger partial charge in [-0.05, 0) is 85.1 Å². The number of carbonyl (C=O) groups is 2. The van der Waals surface area contributed by atoms with Gasteiger partial charge < -0.3 is 23.1 Å². The molecule has 1 heterocycles. The first-order valence-corrected chi connectivity index (χ1v) is 24.6. The molecule has 0 N–H and O–H groups in total. The number of allylic oxidation sites excluding steroid dienone is 2. The van der Waals surface area contributed by atoms with E-state index in [0.29, 0.717) is 19.3 Å². The predicted molar refractivity (Wildman–Crippen MR) is 201 cm³/mol. The molecule has 1 saturated heterocycles. The Balaban J connectivity index is 1.58. The van der Waals surface area contributed by atoms with E-state index in [0.717, 1.165) is 24.1 Å². The van der Waals surface area contributed by atoms with Crippen molar-refractivity contribution >= 4 is 28.6 Å². The number of hydrogen-bond acceptors (Lipinski definition) is 7. The summed E-state index contributed by atoms with van der Waals surface area (Å²) < 4.78 is 59.7. The smallest absolute Gasteiger partial charge is 0.347 e. The van der Waals surface area contributed by atoms with E-state index in [1.54, 1.807) is 6.92 Å². The van der Waals surface area contributed by atoms with Crippen LogP contribution in [0.4, 0.5) is 8.78 Å². The lowest BCUT2D eigenvalue weighted by Crippen LogP contribution is -2.49. The minimum Gasteiger partial charge on any atom is -0.476 e. The summed E-state index contributed by atoms with van der Waals surface area (Å²) >= 11 is 0. The predicted octanol–water partition coefficient (Wildman–Crippen LogP) is 10.1. The Morgan fingerprint density at radius 2 is 1.63 bits per heavy atom. The van der Waals surface area contributed by atoms with E-state index < -0.39 is 46.4 Å². The average Bonchev–Trinajstić information content (AvgIpc) is 2.98. The van der Waals surface area contributed by atoms with E-state index in [1.807, 2.05) is 0 Å². The molecule has 51 heavy (non-hydrogen) atoms. The summed E-state index contributed by atoms with van der Waals surface area (Å²) in [5.74, 6) is -2.45. The van der Waals surface area contributed by atoms with Gasteiger partial charge in [-0.3, -0.25) is 4.79 Å². The Morgan fingerprint density at radius 1 is 0.980 bits per heavy atom. The van der Waals surface area contributed by atoms with Crippen molar-refractivity contribution in [3.05, 3.63) is 53.6 Å². The third kappa shape index (κ3) is 10.2. The molecule has 0 spiro atoms. The molecule has 1 aromatic rings. The number of ether oxygens (including phenoxy) is 3. The van der Waals surface area contributed by atoms with Crippen LogP contribution in [0.2, 0.25) is 36.3 Å². The van der Waals surface area contributed by atoms with Crippen molar-refractivity contribution in [2.24, 2.45) is 17.8 Å². The number of fused-ring (bicyclic) bond motifs is 1. The number of carbonyl (C=O) groups excluding carboxylic acids is 2. The van der Waals surface area contributed by atoms with Gasteiger partial charge in [-0.2, -0.15) is 0 Å². The number of hydrogen-bond donors (Lipinski definition) is 0. The summed E-state index contributed by atoms with van der Waals surface area (Å²) in [5.41, 5.74) is 1.07. The minimum atomic E-state index is -2.18. The lowest BCUT2D eigenvalue weighted by Gasteiger charge is -2.46. The van der Waals surface area contributed by atoms with E-state index in [-0.39, 0.29) is 70.7 Å². The highest BCUT2D eigenvalue weighted by Gasteiger charge is 2.47. The molecule has 0 bridgehead atoms. The molecule has 11 heteroatoms. The van der Waals surface area contributed by atoms with E-state index in [9.17, 15) is 18.4 Å². The van der Waals surface area contributed by atoms with Gasteiger partial charge >= 0.3 is 11.9 Å². The van der Waals surface area contributed by atoms with E-state index in [2.05, 4.69) is 92.9 Å². The first-order valence-electron chi connectivity index (χ1n) is 18.8. The van der Waals surface area contributed by atoms with Gasteiger partial charge in [-0.1, -0.05) is 73.6 Å². The molecule has 286 valence electrons. The number of esters is 2. The summed E-state index contributed by atoms with van der Waals surface area (Å²) in [7, 11) is -4.26. The van der Waals surface area contributed by atoms with Crippen LogP contribution in [0, 0.1) is 29.4 Å². The lowest BCUT2D eigenvalue weighted by atomic mass is 9.66. The molecule has 7 nitrogen and oxygen atoms in total. The summed E-state index contributed by atoms with van der Waals surface area (Å²) in [6.45, 7) is 26.0. The fraction of sp³-hybridized carbons (Fsp3) is 0.700. The molecule has 0 aromatic heterocycles. The van der Waals surface area contributed by atoms with Crippen molar-refractivity contribution in [1.82, 2.24) is 0 Å². The molecule has 1 aliphatic heterocycles. The van der Waals surface area contributed by atoms with Crippen molar-refractivity contribution in [2.45, 2.75) is 161 Å². The van der Waals surface area contributed by atoms with Crippen LogP contribution in [0.15, 0.2) is 42.0 Å². The van der Waals surface area contributed by atoms with Gasteiger partial charge in [0.15, 0.2) is 34.3 Å². The van der Waals surface area contributed by atoms with Crippen LogP contribution in [-0.4, -0.2) is 59.1 Å². The second-order valence-corrected chi connectivity index (χ2v) is 27.4. The second kappa shape index (κ2) is 15.9. The topological polar surface area (TPSA) is 80.3 Å². The van der Waals surface area contributed by atoms with Crippen LogP contribution in [0.25, 0.3) is 0 Å². The standard InChI is InChI=1S/C40H62F2O7Si2/c1-13-33(46-34-19-16-27(41)21-32(34)42)38(44)47-35-23-29(48-50(9,10)39(3,4)5)20-26-15-14-25(2)31(37(26)35)18-17-28-22-30(24-36(43)45-28)49-51(11,12)40(6,7)8/h14-16,19-21,25,28-31,33,35,37H,13,17-18,22-24H2,1-12H3/t25-,28+,29+,30+,31-,33?,35-,37-/m0/s1. The lowest BCUT2D eigenvalue weighted by molar-refractivity contribution is -0.164. The average molecular weight is 749 g/mol. The van der Waals surface area contributed by atoms with Crippen LogP contribution in [0.1, 0.15) is 93.9 Å². The Kier molecular flexibility index (Phi) is 12.9. The Morgan fingerprint density at radius 3 is 2.24 bits per heavy atom. The highest BCUT2D eigenvalue weighted by atomic mass is 28.4. The summed E-state index contributed by atoms with van der Waals surface area (Å²) in [4.78, 5) is 26.6. The normalized spacial score (nSPS) is 28.0. The van der Waals surface area contributed by atoms with Crippen LogP contribution in [-0.2, 0) is 27.9 Å².